The first-order valence-corrected chi connectivity index (χ1v) is 8.25. The zero-order chi connectivity index (χ0) is 16.4. The van der Waals surface area contributed by atoms with Crippen LogP contribution >= 0.6 is 0 Å². The van der Waals surface area contributed by atoms with E-state index in [0.717, 1.165) is 47.3 Å². The van der Waals surface area contributed by atoms with Crippen molar-refractivity contribution in [2.24, 2.45) is 13.0 Å². The summed E-state index contributed by atoms with van der Waals surface area (Å²) in [6.45, 7) is 8.10. The monoisotopic (exact) mass is 312 g/mol. The normalized spacial score (nSPS) is 21.2. The van der Waals surface area contributed by atoms with Gasteiger partial charge in [0.1, 0.15) is 11.4 Å². The molecule has 1 aliphatic rings. The van der Waals surface area contributed by atoms with Gasteiger partial charge in [-0.1, -0.05) is 25.1 Å². The van der Waals surface area contributed by atoms with Crippen molar-refractivity contribution in [1.82, 2.24) is 20.0 Å². The van der Waals surface area contributed by atoms with Crippen molar-refractivity contribution in [3.63, 3.8) is 0 Å². The predicted octanol–water partition coefficient (Wildman–Crippen LogP) is 3.79. The highest BCUT2D eigenvalue weighted by Gasteiger charge is 2.21. The van der Waals surface area contributed by atoms with E-state index in [0.29, 0.717) is 6.10 Å². The maximum Gasteiger partial charge on any atom is 0.140 e. The van der Waals surface area contributed by atoms with E-state index in [1.165, 1.54) is 12.8 Å². The summed E-state index contributed by atoms with van der Waals surface area (Å²) in [5, 5.41) is 8.23. The van der Waals surface area contributed by atoms with Crippen LogP contribution in [0.3, 0.4) is 0 Å². The van der Waals surface area contributed by atoms with Gasteiger partial charge in [0, 0.05) is 7.05 Å². The molecule has 5 heteroatoms. The van der Waals surface area contributed by atoms with E-state index in [9.17, 15) is 0 Å². The lowest BCUT2D eigenvalue weighted by molar-refractivity contribution is 0.128. The molecule has 0 amide bonds. The molecule has 0 spiro atoms. The average Bonchev–Trinajstić information content (AvgIpc) is 2.90. The van der Waals surface area contributed by atoms with Gasteiger partial charge in [-0.25, -0.2) is 9.67 Å². The number of hydrogen-bond acceptors (Lipinski definition) is 4. The lowest BCUT2D eigenvalue weighted by Gasteiger charge is -2.27. The van der Waals surface area contributed by atoms with Crippen molar-refractivity contribution in [3.05, 3.63) is 30.1 Å². The van der Waals surface area contributed by atoms with Crippen molar-refractivity contribution in [2.75, 3.05) is 0 Å². The summed E-state index contributed by atoms with van der Waals surface area (Å²) in [5.74, 6) is 1.62. The zero-order valence-corrected chi connectivity index (χ0v) is 14.1. The average molecular weight is 312 g/mol. The Labute approximate surface area is 137 Å². The maximum absolute atomic E-state index is 6.19. The molecule has 0 bridgehead atoms. The predicted molar refractivity (Wildman–Crippen MR) is 91.1 cm³/mol. The van der Waals surface area contributed by atoms with Gasteiger partial charge in [-0.2, -0.15) is 0 Å². The molecule has 0 saturated heterocycles. The van der Waals surface area contributed by atoms with Crippen molar-refractivity contribution < 1.29 is 4.74 Å². The van der Waals surface area contributed by atoms with Gasteiger partial charge in [-0.05, 0) is 50.3 Å². The number of pyridine rings is 1. The lowest BCUT2D eigenvalue weighted by Crippen LogP contribution is -2.24. The first-order chi connectivity index (χ1) is 11.1. The topological polar surface area (TPSA) is 52.8 Å². The Morgan fingerprint density at radius 3 is 2.87 bits per heavy atom. The minimum atomic E-state index is 0.311. The first-order valence-electron chi connectivity index (χ1n) is 8.25. The first kappa shape index (κ1) is 15.7. The fourth-order valence-electron chi connectivity index (χ4n) is 3.25. The number of ether oxygens (including phenoxy) is 1. The third kappa shape index (κ3) is 3.28. The molecule has 1 saturated carbocycles. The Kier molecular flexibility index (Phi) is 4.46. The molecule has 23 heavy (non-hydrogen) atoms. The molecule has 5 nitrogen and oxygen atoms in total. The molecule has 2 atom stereocenters. The number of rotatable bonds is 4. The third-order valence-electron chi connectivity index (χ3n) is 4.53. The fourth-order valence-corrected chi connectivity index (χ4v) is 3.25. The van der Waals surface area contributed by atoms with Crippen LogP contribution in [0.5, 0.6) is 5.75 Å². The molecule has 2 aromatic rings. The Morgan fingerprint density at radius 2 is 2.17 bits per heavy atom. The van der Waals surface area contributed by atoms with Crippen LogP contribution in [-0.2, 0) is 7.05 Å². The van der Waals surface area contributed by atoms with Crippen LogP contribution in [0.25, 0.3) is 17.5 Å². The minimum Gasteiger partial charge on any atom is -0.489 e. The molecule has 122 valence electrons. The highest BCUT2D eigenvalue weighted by Crippen LogP contribution is 2.30. The highest BCUT2D eigenvalue weighted by atomic mass is 16.5. The summed E-state index contributed by atoms with van der Waals surface area (Å²) in [6, 6.07) is 3.95. The van der Waals surface area contributed by atoms with Crippen LogP contribution < -0.4 is 4.74 Å². The number of hydrogen-bond donors (Lipinski definition) is 0. The summed E-state index contributed by atoms with van der Waals surface area (Å²) in [5.41, 5.74) is 3.31. The van der Waals surface area contributed by atoms with Crippen LogP contribution in [0.4, 0.5) is 0 Å². The van der Waals surface area contributed by atoms with Gasteiger partial charge in [0.05, 0.1) is 23.2 Å². The van der Waals surface area contributed by atoms with Gasteiger partial charge in [0.2, 0.25) is 0 Å². The van der Waals surface area contributed by atoms with E-state index < -0.39 is 0 Å². The highest BCUT2D eigenvalue weighted by molar-refractivity contribution is 5.66. The second-order valence-electron chi connectivity index (χ2n) is 6.44. The Bertz CT molecular complexity index is 707. The van der Waals surface area contributed by atoms with Gasteiger partial charge in [0.25, 0.3) is 0 Å². The molecule has 0 aliphatic heterocycles. The summed E-state index contributed by atoms with van der Waals surface area (Å²) >= 11 is 0. The third-order valence-corrected chi connectivity index (χ3v) is 4.53. The van der Waals surface area contributed by atoms with Crippen LogP contribution in [0.1, 0.15) is 44.0 Å². The Morgan fingerprint density at radius 1 is 1.35 bits per heavy atom. The molecule has 0 aromatic carbocycles. The van der Waals surface area contributed by atoms with Crippen LogP contribution in [0.2, 0.25) is 0 Å². The van der Waals surface area contributed by atoms with Gasteiger partial charge < -0.3 is 4.74 Å². The zero-order valence-electron chi connectivity index (χ0n) is 14.1. The van der Waals surface area contributed by atoms with E-state index in [1.54, 1.807) is 10.8 Å². The molecule has 1 aliphatic carbocycles. The van der Waals surface area contributed by atoms with Gasteiger partial charge >= 0.3 is 0 Å². The molecule has 0 unspecified atom stereocenters. The smallest absolute Gasteiger partial charge is 0.140 e. The van der Waals surface area contributed by atoms with E-state index in [-0.39, 0.29) is 0 Å². The molecule has 2 heterocycles. The number of aryl methyl sites for hydroxylation is 2. The molecule has 3 rings (SSSR count). The second kappa shape index (κ2) is 6.52. The van der Waals surface area contributed by atoms with Gasteiger partial charge in [-0.3, -0.25) is 0 Å². The van der Waals surface area contributed by atoms with Crippen molar-refractivity contribution >= 4 is 6.08 Å². The minimum absolute atomic E-state index is 0.311. The fraction of sp³-hybridized carbons (Fsp3) is 0.500. The van der Waals surface area contributed by atoms with Crippen LogP contribution in [0, 0.1) is 12.8 Å². The van der Waals surface area contributed by atoms with E-state index >= 15 is 0 Å². The van der Waals surface area contributed by atoms with Gasteiger partial charge in [0.15, 0.2) is 0 Å². The Hall–Kier alpha value is -2.17. The SMILES string of the molecule is C=Cc1c(-c2ccc(O[C@H]3CCC[C@H](C)C3)c(C)n2)nnn1C. The van der Waals surface area contributed by atoms with Gasteiger partial charge in [-0.15, -0.1) is 5.10 Å². The largest absolute Gasteiger partial charge is 0.489 e. The number of aromatic nitrogens is 4. The summed E-state index contributed by atoms with van der Waals surface area (Å²) in [4.78, 5) is 4.66. The molecule has 0 N–H and O–H groups in total. The van der Waals surface area contributed by atoms with E-state index in [4.69, 9.17) is 4.74 Å². The quantitative estimate of drug-likeness (QED) is 0.862. The lowest BCUT2D eigenvalue weighted by atomic mass is 9.89. The van der Waals surface area contributed by atoms with Crippen LogP contribution in [-0.4, -0.2) is 26.1 Å². The van der Waals surface area contributed by atoms with Crippen molar-refractivity contribution in [2.45, 2.75) is 45.6 Å². The standard InChI is InChI=1S/C18H24N4O/c1-5-16-18(20-21-22(16)4)15-9-10-17(13(3)19-15)23-14-8-6-7-12(2)11-14/h5,9-10,12,14H,1,6-8,11H2,2-4H3/t12-,14-/m0/s1. The van der Waals surface area contributed by atoms with Crippen molar-refractivity contribution in [3.8, 4) is 17.1 Å². The summed E-state index contributed by atoms with van der Waals surface area (Å²) in [6.07, 6.45) is 6.89. The van der Waals surface area contributed by atoms with Crippen LogP contribution in [0.15, 0.2) is 18.7 Å². The second-order valence-corrected chi connectivity index (χ2v) is 6.44. The molecule has 0 radical (unpaired) electrons. The molecule has 2 aromatic heterocycles. The van der Waals surface area contributed by atoms with E-state index in [2.05, 4.69) is 28.8 Å². The van der Waals surface area contributed by atoms with E-state index in [1.807, 2.05) is 26.1 Å². The molecular weight excluding hydrogens is 288 g/mol. The summed E-state index contributed by atoms with van der Waals surface area (Å²) in [7, 11) is 1.85. The number of nitrogens with zero attached hydrogens (tertiary/aromatic N) is 4. The summed E-state index contributed by atoms with van der Waals surface area (Å²) < 4.78 is 7.89. The van der Waals surface area contributed by atoms with Crippen molar-refractivity contribution in [1.29, 1.82) is 0 Å². The molecule has 1 fully saturated rings. The molecular formula is C18H24N4O. The maximum atomic E-state index is 6.19. The Balaban J connectivity index is 1.81.